The van der Waals surface area contributed by atoms with Gasteiger partial charge in [0.15, 0.2) is 0 Å². The van der Waals surface area contributed by atoms with E-state index >= 15 is 0 Å². The van der Waals surface area contributed by atoms with Crippen LogP contribution in [0.3, 0.4) is 0 Å². The molecule has 0 saturated carbocycles. The average Bonchev–Trinajstić information content (AvgIpc) is 1.89. The summed E-state index contributed by atoms with van der Waals surface area (Å²) in [6.45, 7) is 4.33. The summed E-state index contributed by atoms with van der Waals surface area (Å²) in [5, 5.41) is 0. The molecule has 1 aromatic rings. The first-order chi connectivity index (χ1) is 4.34. The zero-order valence-electron chi connectivity index (χ0n) is 6.02. The van der Waals surface area contributed by atoms with Crippen LogP contribution < -0.4 is 0 Å². The first kappa shape index (κ1) is 6.34. The van der Waals surface area contributed by atoms with Crippen molar-refractivity contribution in [2.45, 2.75) is 20.3 Å². The van der Waals surface area contributed by atoms with Gasteiger partial charge in [-0.15, -0.1) is 0 Å². The molecule has 9 heavy (non-hydrogen) atoms. The molecule has 0 fully saturated rings. The van der Waals surface area contributed by atoms with E-state index in [1.54, 1.807) is 0 Å². The topological polar surface area (TPSA) is 0 Å². The van der Waals surface area contributed by atoms with E-state index in [4.69, 9.17) is 0 Å². The van der Waals surface area contributed by atoms with Crippen LogP contribution in [0.5, 0.6) is 0 Å². The van der Waals surface area contributed by atoms with Crippen molar-refractivity contribution < 1.29 is 0 Å². The van der Waals surface area contributed by atoms with E-state index < -0.39 is 0 Å². The lowest BCUT2D eigenvalue weighted by atomic mass is 10.1. The molecule has 0 aliphatic carbocycles. The first-order valence-corrected chi connectivity index (χ1v) is 3.39. The second-order valence-corrected chi connectivity index (χ2v) is 2.28. The summed E-state index contributed by atoms with van der Waals surface area (Å²) in [5.74, 6) is 0. The molecule has 0 spiro atoms. The Kier molecular flexibility index (Phi) is 1.88. The maximum absolute atomic E-state index is 2.18. The Morgan fingerprint density at radius 3 is 2.33 bits per heavy atom. The van der Waals surface area contributed by atoms with Crippen LogP contribution in [0.2, 0.25) is 0 Å². The van der Waals surface area contributed by atoms with Crippen molar-refractivity contribution in [3.8, 4) is 0 Å². The molecular formula is C9H12. The molecule has 0 N–H and O–H groups in total. The van der Waals surface area contributed by atoms with Crippen LogP contribution in [0.4, 0.5) is 0 Å². The monoisotopic (exact) mass is 121 g/mol. The second-order valence-electron chi connectivity index (χ2n) is 2.28. The van der Waals surface area contributed by atoms with Crippen molar-refractivity contribution in [1.82, 2.24) is 0 Å². The molecule has 0 unspecified atom stereocenters. The van der Waals surface area contributed by atoms with Crippen molar-refractivity contribution in [2.24, 2.45) is 0 Å². The number of rotatable bonds is 1. The Morgan fingerprint density at radius 2 is 1.89 bits per heavy atom. The Hall–Kier alpha value is -0.780. The molecule has 0 heteroatoms. The maximum atomic E-state index is 2.18. The van der Waals surface area contributed by atoms with E-state index in [-0.39, 0.29) is 0 Å². The van der Waals surface area contributed by atoms with Gasteiger partial charge in [-0.05, 0) is 24.5 Å². The molecule has 48 valence electrons. The Morgan fingerprint density at radius 1 is 1.22 bits per heavy atom. The van der Waals surface area contributed by atoms with Gasteiger partial charge in [-0.2, -0.15) is 0 Å². The summed E-state index contributed by atoms with van der Waals surface area (Å²) < 4.78 is 0. The van der Waals surface area contributed by atoms with Crippen LogP contribution in [0, 0.1) is 6.92 Å². The predicted molar refractivity (Wildman–Crippen MR) is 40.6 cm³/mol. The summed E-state index contributed by atoms with van der Waals surface area (Å²) in [6, 6.07) is 8.49. The smallest absolute Gasteiger partial charge is 0.0305 e. The summed E-state index contributed by atoms with van der Waals surface area (Å²) in [4.78, 5) is 0. The van der Waals surface area contributed by atoms with E-state index in [1.165, 1.54) is 11.1 Å². The largest absolute Gasteiger partial charge is 0.0620 e. The average molecular weight is 121 g/mol. The minimum Gasteiger partial charge on any atom is -0.0620 e. The van der Waals surface area contributed by atoms with Crippen molar-refractivity contribution in [3.63, 3.8) is 0 Å². The molecule has 0 atom stereocenters. The van der Waals surface area contributed by atoms with E-state index in [9.17, 15) is 0 Å². The number of benzene rings is 1. The number of aryl methyl sites for hydroxylation is 2. The van der Waals surface area contributed by atoms with Crippen LogP contribution in [-0.4, -0.2) is 0 Å². The van der Waals surface area contributed by atoms with E-state index in [0.29, 0.717) is 0 Å². The molecule has 0 aromatic heterocycles. The lowest BCUT2D eigenvalue weighted by molar-refractivity contribution is 1.11. The molecular weight excluding hydrogens is 109 g/mol. The van der Waals surface area contributed by atoms with Gasteiger partial charge in [-0.3, -0.25) is 0 Å². The van der Waals surface area contributed by atoms with Crippen LogP contribution in [0.1, 0.15) is 18.1 Å². The number of hydrogen-bond acceptors (Lipinski definition) is 0. The van der Waals surface area contributed by atoms with Gasteiger partial charge in [0.2, 0.25) is 0 Å². The lowest BCUT2D eigenvalue weighted by Crippen LogP contribution is -1.82. The van der Waals surface area contributed by atoms with Crippen molar-refractivity contribution in [3.05, 3.63) is 35.4 Å². The van der Waals surface area contributed by atoms with Crippen LogP contribution >= 0.6 is 0 Å². The standard InChI is InChI=1S/C9H12/c1-3-9-7-5-4-6-8(9)2/h4-7H,3H2,1-2H3/i1+1. The number of hydrogen-bond donors (Lipinski definition) is 0. The van der Waals surface area contributed by atoms with Gasteiger partial charge in [0.1, 0.15) is 0 Å². The first-order valence-electron chi connectivity index (χ1n) is 3.39. The van der Waals surface area contributed by atoms with Crippen molar-refractivity contribution in [2.75, 3.05) is 0 Å². The molecule has 1 aromatic carbocycles. The molecule has 0 saturated heterocycles. The summed E-state index contributed by atoms with van der Waals surface area (Å²) in [7, 11) is 0. The Bertz CT molecular complexity index is 189. The van der Waals surface area contributed by atoms with Gasteiger partial charge in [-0.25, -0.2) is 0 Å². The highest BCUT2D eigenvalue weighted by Crippen LogP contribution is 2.06. The van der Waals surface area contributed by atoms with Crippen LogP contribution in [-0.2, 0) is 6.42 Å². The normalized spacial score (nSPS) is 9.56. The molecule has 0 aliphatic rings. The zero-order chi connectivity index (χ0) is 6.69. The maximum Gasteiger partial charge on any atom is -0.0305 e. The minimum absolute atomic E-state index is 1.15. The highest BCUT2D eigenvalue weighted by atomic mass is 14.0. The van der Waals surface area contributed by atoms with E-state index in [1.807, 2.05) is 0 Å². The molecule has 0 amide bonds. The van der Waals surface area contributed by atoms with Gasteiger partial charge < -0.3 is 0 Å². The summed E-state index contributed by atoms with van der Waals surface area (Å²) in [6.07, 6.45) is 1.15. The summed E-state index contributed by atoms with van der Waals surface area (Å²) in [5.41, 5.74) is 2.86. The zero-order valence-corrected chi connectivity index (χ0v) is 6.02. The fourth-order valence-electron chi connectivity index (χ4n) is 1.01. The second kappa shape index (κ2) is 2.67. The lowest BCUT2D eigenvalue weighted by Gasteiger charge is -1.98. The SMILES string of the molecule is Cc1ccccc1C[13CH3]. The molecule has 0 radical (unpaired) electrons. The molecule has 0 aliphatic heterocycles. The van der Waals surface area contributed by atoms with Gasteiger partial charge >= 0.3 is 0 Å². The summed E-state index contributed by atoms with van der Waals surface area (Å²) >= 11 is 0. The van der Waals surface area contributed by atoms with Gasteiger partial charge in [0, 0.05) is 0 Å². The van der Waals surface area contributed by atoms with Crippen LogP contribution in [0.15, 0.2) is 24.3 Å². The van der Waals surface area contributed by atoms with E-state index in [2.05, 4.69) is 38.1 Å². The van der Waals surface area contributed by atoms with Gasteiger partial charge in [0.05, 0.1) is 0 Å². The Balaban J connectivity index is 3.01. The quantitative estimate of drug-likeness (QED) is 0.501. The molecule has 0 heterocycles. The third-order valence-corrected chi connectivity index (χ3v) is 1.64. The van der Waals surface area contributed by atoms with Gasteiger partial charge in [-0.1, -0.05) is 31.2 Å². The molecule has 0 nitrogen and oxygen atoms in total. The Labute approximate surface area is 56.5 Å². The molecule has 1 rings (SSSR count). The third-order valence-electron chi connectivity index (χ3n) is 1.64. The third kappa shape index (κ3) is 1.32. The van der Waals surface area contributed by atoms with Crippen molar-refractivity contribution >= 4 is 0 Å². The minimum atomic E-state index is 1.15. The predicted octanol–water partition coefficient (Wildman–Crippen LogP) is 2.56. The highest BCUT2D eigenvalue weighted by Gasteiger charge is 1.89. The fourth-order valence-corrected chi connectivity index (χ4v) is 1.01. The van der Waals surface area contributed by atoms with Crippen LogP contribution in [0.25, 0.3) is 0 Å². The fraction of sp³-hybridized carbons (Fsp3) is 0.333. The van der Waals surface area contributed by atoms with Crippen molar-refractivity contribution in [1.29, 1.82) is 0 Å². The molecule has 0 bridgehead atoms. The highest BCUT2D eigenvalue weighted by molar-refractivity contribution is 5.24. The van der Waals surface area contributed by atoms with E-state index in [0.717, 1.165) is 6.42 Å². The van der Waals surface area contributed by atoms with Gasteiger partial charge in [0.25, 0.3) is 0 Å².